The van der Waals surface area contributed by atoms with Crippen LogP contribution in [0.3, 0.4) is 0 Å². The van der Waals surface area contributed by atoms with Gasteiger partial charge < -0.3 is 0 Å². The predicted octanol–water partition coefficient (Wildman–Crippen LogP) is 4.21. The van der Waals surface area contributed by atoms with Gasteiger partial charge in [0.25, 0.3) is 0 Å². The third kappa shape index (κ3) is 1.51. The maximum Gasteiger partial charge on any atom is 0.141 e. The molecule has 3 rings (SSSR count). The molecule has 0 spiro atoms. The topological polar surface area (TPSA) is 0 Å². The lowest BCUT2D eigenvalue weighted by Crippen LogP contribution is -2.44. The van der Waals surface area contributed by atoms with Crippen molar-refractivity contribution in [2.45, 2.75) is 13.8 Å². The van der Waals surface area contributed by atoms with Gasteiger partial charge in [-0.05, 0) is 30.9 Å². The molecule has 18 heavy (non-hydrogen) atoms. The first-order chi connectivity index (χ1) is 8.50. The van der Waals surface area contributed by atoms with Crippen LogP contribution in [0.25, 0.3) is 16.3 Å². The quantitative estimate of drug-likeness (QED) is 0.603. The van der Waals surface area contributed by atoms with Crippen molar-refractivity contribution in [2.75, 3.05) is 20.6 Å². The van der Waals surface area contributed by atoms with Gasteiger partial charge in [-0.15, -0.1) is 0 Å². The van der Waals surface area contributed by atoms with Crippen molar-refractivity contribution in [1.29, 1.82) is 0 Å². The van der Waals surface area contributed by atoms with Crippen LogP contribution in [0, 0.1) is 0 Å². The minimum absolute atomic E-state index is 0.939. The summed E-state index contributed by atoms with van der Waals surface area (Å²) in [7, 11) is 4.60. The molecule has 2 aromatic rings. The van der Waals surface area contributed by atoms with Crippen molar-refractivity contribution in [3.8, 4) is 0 Å². The third-order valence-corrected chi connectivity index (χ3v) is 4.02. The van der Waals surface area contributed by atoms with Crippen molar-refractivity contribution in [3.63, 3.8) is 0 Å². The Morgan fingerprint density at radius 2 is 1.67 bits per heavy atom. The lowest BCUT2D eigenvalue weighted by Gasteiger charge is -2.36. The second-order valence-corrected chi connectivity index (χ2v) is 6.00. The van der Waals surface area contributed by atoms with E-state index in [1.165, 1.54) is 33.2 Å². The Labute approximate surface area is 109 Å². The van der Waals surface area contributed by atoms with Crippen LogP contribution in [0.4, 0.5) is 5.69 Å². The number of benzene rings is 2. The molecular formula is C17H20N+. The average molecular weight is 238 g/mol. The number of allylic oxidation sites excluding steroid dienone is 1. The van der Waals surface area contributed by atoms with Crippen LogP contribution in [0.1, 0.15) is 19.4 Å². The van der Waals surface area contributed by atoms with Gasteiger partial charge >= 0.3 is 0 Å². The molecule has 0 aliphatic carbocycles. The van der Waals surface area contributed by atoms with Crippen molar-refractivity contribution >= 4 is 22.0 Å². The van der Waals surface area contributed by atoms with Gasteiger partial charge in [0.2, 0.25) is 0 Å². The molecule has 0 saturated heterocycles. The fourth-order valence-corrected chi connectivity index (χ4v) is 3.07. The van der Waals surface area contributed by atoms with Crippen molar-refractivity contribution < 1.29 is 0 Å². The number of nitrogens with zero attached hydrogens (tertiary/aromatic N) is 1. The van der Waals surface area contributed by atoms with E-state index in [1.54, 1.807) is 0 Å². The smallest absolute Gasteiger partial charge is 0.141 e. The van der Waals surface area contributed by atoms with Crippen LogP contribution in [0.5, 0.6) is 0 Å². The standard InChI is InChI=1S/C17H20N/c1-12(2)15-11-18(3,4)16-10-6-8-13-7-5-9-14(15)17(13)16/h5-10H,11H2,1-4H3/q+1. The molecule has 0 bridgehead atoms. The molecule has 0 N–H and O–H groups in total. The maximum atomic E-state index is 2.30. The third-order valence-electron chi connectivity index (χ3n) is 4.02. The lowest BCUT2D eigenvalue weighted by molar-refractivity contribution is 0.446. The highest BCUT2D eigenvalue weighted by Crippen LogP contribution is 2.41. The van der Waals surface area contributed by atoms with E-state index in [1.807, 2.05) is 0 Å². The summed E-state index contributed by atoms with van der Waals surface area (Å²) in [6, 6.07) is 13.3. The summed E-state index contributed by atoms with van der Waals surface area (Å²) in [5.41, 5.74) is 5.81. The highest BCUT2D eigenvalue weighted by atomic mass is 15.3. The van der Waals surface area contributed by atoms with Crippen molar-refractivity contribution in [3.05, 3.63) is 47.5 Å². The van der Waals surface area contributed by atoms with Crippen LogP contribution < -0.4 is 4.48 Å². The molecule has 1 aliphatic rings. The molecule has 0 atom stereocenters. The Balaban J connectivity index is 2.51. The largest absolute Gasteiger partial charge is 0.292 e. The Morgan fingerprint density at radius 3 is 2.33 bits per heavy atom. The Hall–Kier alpha value is -1.60. The second kappa shape index (κ2) is 3.69. The first-order valence-corrected chi connectivity index (χ1v) is 6.53. The summed E-state index contributed by atoms with van der Waals surface area (Å²) < 4.78 is 0.939. The van der Waals surface area contributed by atoms with E-state index in [9.17, 15) is 0 Å². The molecule has 1 heterocycles. The van der Waals surface area contributed by atoms with E-state index >= 15 is 0 Å². The van der Waals surface area contributed by atoms with Gasteiger partial charge in [-0.1, -0.05) is 35.9 Å². The van der Waals surface area contributed by atoms with Crippen LogP contribution in [-0.4, -0.2) is 20.6 Å². The molecule has 0 unspecified atom stereocenters. The summed E-state index contributed by atoms with van der Waals surface area (Å²) in [5, 5.41) is 2.79. The second-order valence-electron chi connectivity index (χ2n) is 6.00. The summed E-state index contributed by atoms with van der Waals surface area (Å²) >= 11 is 0. The predicted molar refractivity (Wildman–Crippen MR) is 80.7 cm³/mol. The van der Waals surface area contributed by atoms with E-state index in [-0.39, 0.29) is 0 Å². The molecule has 1 heteroatoms. The molecule has 0 saturated carbocycles. The highest BCUT2D eigenvalue weighted by molar-refractivity contribution is 6.04. The Morgan fingerprint density at radius 1 is 1.00 bits per heavy atom. The zero-order valence-electron chi connectivity index (χ0n) is 11.6. The molecule has 2 aromatic carbocycles. The summed E-state index contributed by atoms with van der Waals surface area (Å²) in [4.78, 5) is 0. The summed E-state index contributed by atoms with van der Waals surface area (Å²) in [6.07, 6.45) is 0. The van der Waals surface area contributed by atoms with Gasteiger partial charge in [-0.2, -0.15) is 0 Å². The molecule has 0 aromatic heterocycles. The SMILES string of the molecule is CC(C)=C1C[N+](C)(C)c2cccc3cccc1c23. The van der Waals surface area contributed by atoms with Gasteiger partial charge in [0.15, 0.2) is 0 Å². The minimum atomic E-state index is 0.939. The van der Waals surface area contributed by atoms with Gasteiger partial charge in [0.1, 0.15) is 12.2 Å². The first-order valence-electron chi connectivity index (χ1n) is 6.53. The molecule has 92 valence electrons. The molecule has 0 amide bonds. The van der Waals surface area contributed by atoms with Crippen LogP contribution >= 0.6 is 0 Å². The number of quaternary nitrogens is 1. The first kappa shape index (κ1) is 11.5. The number of hydrogen-bond acceptors (Lipinski definition) is 0. The average Bonchev–Trinajstić information content (AvgIpc) is 2.33. The van der Waals surface area contributed by atoms with E-state index in [4.69, 9.17) is 0 Å². The molecule has 0 radical (unpaired) electrons. The number of hydrogen-bond donors (Lipinski definition) is 0. The zero-order chi connectivity index (χ0) is 12.9. The molecule has 0 fully saturated rings. The number of rotatable bonds is 0. The highest BCUT2D eigenvalue weighted by Gasteiger charge is 2.31. The van der Waals surface area contributed by atoms with Crippen LogP contribution in [0.15, 0.2) is 42.0 Å². The molecule has 1 nitrogen and oxygen atoms in total. The van der Waals surface area contributed by atoms with Crippen molar-refractivity contribution in [2.24, 2.45) is 0 Å². The van der Waals surface area contributed by atoms with Crippen molar-refractivity contribution in [1.82, 2.24) is 4.48 Å². The lowest BCUT2D eigenvalue weighted by atomic mass is 9.89. The minimum Gasteiger partial charge on any atom is -0.292 e. The summed E-state index contributed by atoms with van der Waals surface area (Å²) in [5.74, 6) is 0. The van der Waals surface area contributed by atoms with Crippen LogP contribution in [0.2, 0.25) is 0 Å². The fraction of sp³-hybridized carbons (Fsp3) is 0.294. The van der Waals surface area contributed by atoms with Gasteiger partial charge in [-0.3, -0.25) is 4.48 Å². The fourth-order valence-electron chi connectivity index (χ4n) is 3.07. The van der Waals surface area contributed by atoms with E-state index in [0.29, 0.717) is 0 Å². The molecule has 1 aliphatic heterocycles. The maximum absolute atomic E-state index is 2.30. The zero-order valence-corrected chi connectivity index (χ0v) is 11.6. The summed E-state index contributed by atoms with van der Waals surface area (Å²) in [6.45, 7) is 5.53. The normalized spacial score (nSPS) is 17.0. The Kier molecular flexibility index (Phi) is 2.36. The monoisotopic (exact) mass is 238 g/mol. The van der Waals surface area contributed by atoms with Crippen LogP contribution in [-0.2, 0) is 0 Å². The van der Waals surface area contributed by atoms with E-state index in [0.717, 1.165) is 11.0 Å². The van der Waals surface area contributed by atoms with E-state index < -0.39 is 0 Å². The number of likely N-dealkylation sites (N-methyl/N-ethyl adjacent to an activating group) is 1. The van der Waals surface area contributed by atoms with Gasteiger partial charge in [-0.25, -0.2) is 0 Å². The van der Waals surface area contributed by atoms with Gasteiger partial charge in [0.05, 0.1) is 19.5 Å². The van der Waals surface area contributed by atoms with Gasteiger partial charge in [0, 0.05) is 5.57 Å². The Bertz CT molecular complexity index is 653. The molecular weight excluding hydrogens is 218 g/mol. The van der Waals surface area contributed by atoms with E-state index in [2.05, 4.69) is 64.3 Å².